The monoisotopic (exact) mass is 737 g/mol. The fourth-order valence-corrected chi connectivity index (χ4v) is 4.60. The number of aliphatic hydroxyl groups is 1. The summed E-state index contributed by atoms with van der Waals surface area (Å²) in [6.45, 7) is -0.109. The number of nitrogens with zero attached hydrogens (tertiary/aromatic N) is 1. The molecule has 2 rings (SSSR count). The van der Waals surface area contributed by atoms with Crippen LogP contribution in [-0.2, 0) is 38.4 Å². The molecule has 52 heavy (non-hydrogen) atoms. The number of carboxylic acid groups (broad SMARTS) is 4. The highest BCUT2D eigenvalue weighted by Gasteiger charge is 2.42. The standard InChI is InChI=1S/C30H39N7O15/c1-51-19-5-4-14(9-17-25(43)36-15(24(42)37-17)3-2-7-33-29(31)32)10-20(19)52-8-6-16(26(44)45)34-21(38)12-30(50,28(48)49)13-22(39)35-18(27(46)47)11-23(40)41/h4-5,9-10,15-16,18,50H,2-3,6-8,11-13H2,1H3,(H,34,38)(H,35,39)(H,36,43)(H,37,42)(H,40,41)(H,44,45)(H,46,47)(H,48,49)(H4,31,32,33)/b17-9-/t15-,16-,18-,30+/m0/s1. The van der Waals surface area contributed by atoms with E-state index >= 15 is 0 Å². The Morgan fingerprint density at radius 1 is 0.981 bits per heavy atom. The maximum atomic E-state index is 12.7. The normalized spacial score (nSPS) is 16.9. The van der Waals surface area contributed by atoms with Crippen molar-refractivity contribution in [3.05, 3.63) is 29.5 Å². The fourth-order valence-electron chi connectivity index (χ4n) is 4.60. The molecule has 1 fully saturated rings. The number of aliphatic carboxylic acids is 4. The quantitative estimate of drug-likeness (QED) is 0.0254. The van der Waals surface area contributed by atoms with Gasteiger partial charge in [-0.1, -0.05) is 6.07 Å². The zero-order valence-corrected chi connectivity index (χ0v) is 27.6. The number of carboxylic acids is 4. The Morgan fingerprint density at radius 3 is 2.13 bits per heavy atom. The average Bonchev–Trinajstić information content (AvgIpc) is 3.03. The van der Waals surface area contributed by atoms with E-state index in [9.17, 15) is 53.7 Å². The topological polar surface area (TPSA) is 369 Å². The van der Waals surface area contributed by atoms with Gasteiger partial charge in [0, 0.05) is 13.0 Å². The van der Waals surface area contributed by atoms with Crippen LogP contribution >= 0.6 is 0 Å². The summed E-state index contributed by atoms with van der Waals surface area (Å²) in [7, 11) is 1.32. The van der Waals surface area contributed by atoms with Crippen LogP contribution in [0.5, 0.6) is 11.5 Å². The molecule has 0 saturated carbocycles. The maximum Gasteiger partial charge on any atom is 0.336 e. The molecule has 0 bridgehead atoms. The number of nitrogens with two attached hydrogens (primary N) is 2. The van der Waals surface area contributed by atoms with Crippen molar-refractivity contribution in [2.75, 3.05) is 20.3 Å². The Hall–Kier alpha value is -6.45. The van der Waals surface area contributed by atoms with Crippen LogP contribution < -0.4 is 42.2 Å². The zero-order chi connectivity index (χ0) is 39.2. The first-order chi connectivity index (χ1) is 24.3. The van der Waals surface area contributed by atoms with Crippen LogP contribution in [0.3, 0.4) is 0 Å². The molecule has 1 aromatic carbocycles. The van der Waals surface area contributed by atoms with Gasteiger partial charge in [-0.05, 0) is 36.6 Å². The lowest BCUT2D eigenvalue weighted by Crippen LogP contribution is -2.54. The Morgan fingerprint density at radius 2 is 1.60 bits per heavy atom. The van der Waals surface area contributed by atoms with Gasteiger partial charge in [0.05, 0.1) is 33.0 Å². The lowest BCUT2D eigenvalue weighted by molar-refractivity contribution is -0.165. The molecular weight excluding hydrogens is 698 g/mol. The van der Waals surface area contributed by atoms with Crippen molar-refractivity contribution < 1.29 is 73.4 Å². The van der Waals surface area contributed by atoms with Gasteiger partial charge in [-0.15, -0.1) is 0 Å². The molecule has 0 spiro atoms. The summed E-state index contributed by atoms with van der Waals surface area (Å²) in [5.41, 5.74) is 7.71. The van der Waals surface area contributed by atoms with E-state index in [0.29, 0.717) is 12.0 Å². The molecule has 4 atom stereocenters. The number of piperazine rings is 1. The molecule has 284 valence electrons. The number of benzene rings is 1. The minimum absolute atomic E-state index is 0.0706. The number of hydrogen-bond donors (Lipinski definition) is 11. The highest BCUT2D eigenvalue weighted by molar-refractivity contribution is 6.07. The summed E-state index contributed by atoms with van der Waals surface area (Å²) in [5, 5.41) is 56.3. The third-order valence-electron chi connectivity index (χ3n) is 7.18. The van der Waals surface area contributed by atoms with Crippen molar-refractivity contribution in [1.82, 2.24) is 21.3 Å². The van der Waals surface area contributed by atoms with Crippen LogP contribution in [0, 0.1) is 0 Å². The third kappa shape index (κ3) is 13.1. The number of methoxy groups -OCH3 is 1. The van der Waals surface area contributed by atoms with Gasteiger partial charge < -0.3 is 67.7 Å². The van der Waals surface area contributed by atoms with Gasteiger partial charge in [0.15, 0.2) is 23.1 Å². The van der Waals surface area contributed by atoms with Crippen LogP contribution in [0.25, 0.3) is 6.08 Å². The number of nitrogens with one attached hydrogen (secondary N) is 4. The second kappa shape index (κ2) is 19.1. The minimum atomic E-state index is -3.13. The number of aliphatic imine (C=N–C) groups is 1. The SMILES string of the molecule is COc1ccc(/C=C2\NC(=O)[C@H](CCCN=C(N)N)NC2=O)cc1OCC[C@H](NC(=O)C[C@@](O)(CC(=O)N[C@@H](CC(=O)O)C(=O)O)C(=O)O)C(=O)O. The second-order valence-electron chi connectivity index (χ2n) is 11.3. The van der Waals surface area contributed by atoms with E-state index in [1.807, 2.05) is 5.32 Å². The molecule has 1 aliphatic heterocycles. The molecule has 22 nitrogen and oxygen atoms in total. The maximum absolute atomic E-state index is 12.7. The van der Waals surface area contributed by atoms with Gasteiger partial charge in [-0.3, -0.25) is 29.0 Å². The average molecular weight is 738 g/mol. The molecule has 1 aromatic rings. The number of carbonyl (C=O) groups excluding carboxylic acids is 4. The summed E-state index contributed by atoms with van der Waals surface area (Å²) in [6, 6.07) is -0.0472. The van der Waals surface area contributed by atoms with Crippen molar-refractivity contribution >= 4 is 59.5 Å². The van der Waals surface area contributed by atoms with E-state index in [4.69, 9.17) is 31.2 Å². The Labute approximate surface area is 294 Å². The molecular formula is C30H39N7O15. The predicted molar refractivity (Wildman–Crippen MR) is 174 cm³/mol. The van der Waals surface area contributed by atoms with Gasteiger partial charge in [0.1, 0.15) is 23.8 Å². The number of carbonyl (C=O) groups is 8. The van der Waals surface area contributed by atoms with Crippen molar-refractivity contribution in [2.45, 2.75) is 62.3 Å². The van der Waals surface area contributed by atoms with Crippen molar-refractivity contribution in [3.8, 4) is 11.5 Å². The van der Waals surface area contributed by atoms with Crippen molar-refractivity contribution in [3.63, 3.8) is 0 Å². The summed E-state index contributed by atoms with van der Waals surface area (Å²) in [5.74, 6) is -10.6. The molecule has 0 aromatic heterocycles. The first-order valence-corrected chi connectivity index (χ1v) is 15.3. The van der Waals surface area contributed by atoms with E-state index in [1.165, 1.54) is 31.4 Å². The molecule has 0 radical (unpaired) electrons. The summed E-state index contributed by atoms with van der Waals surface area (Å²) in [4.78, 5) is 99.5. The van der Waals surface area contributed by atoms with Crippen LogP contribution in [0.15, 0.2) is 28.9 Å². The molecule has 1 saturated heterocycles. The van der Waals surface area contributed by atoms with Crippen LogP contribution in [-0.4, -0.2) is 123 Å². The van der Waals surface area contributed by atoms with E-state index in [-0.39, 0.29) is 42.7 Å². The summed E-state index contributed by atoms with van der Waals surface area (Å²) < 4.78 is 10.9. The van der Waals surface area contributed by atoms with Gasteiger partial charge >= 0.3 is 23.9 Å². The number of guanidine groups is 1. The Balaban J connectivity index is 2.06. The van der Waals surface area contributed by atoms with Crippen molar-refractivity contribution in [1.29, 1.82) is 0 Å². The van der Waals surface area contributed by atoms with E-state index < -0.39 is 96.9 Å². The van der Waals surface area contributed by atoms with Crippen molar-refractivity contribution in [2.24, 2.45) is 16.5 Å². The second-order valence-corrected chi connectivity index (χ2v) is 11.3. The Bertz CT molecular complexity index is 1630. The van der Waals surface area contributed by atoms with E-state index in [2.05, 4.69) is 15.6 Å². The predicted octanol–water partition coefficient (Wildman–Crippen LogP) is -3.32. The van der Waals surface area contributed by atoms with Gasteiger partial charge in [-0.25, -0.2) is 14.4 Å². The molecule has 22 heteroatoms. The van der Waals surface area contributed by atoms with E-state index in [1.54, 1.807) is 5.32 Å². The fraction of sp³-hybridized carbons (Fsp3) is 0.433. The van der Waals surface area contributed by atoms with Gasteiger partial charge in [0.2, 0.25) is 17.7 Å². The highest BCUT2D eigenvalue weighted by atomic mass is 16.5. The molecule has 4 amide bonds. The number of ether oxygens (including phenoxy) is 2. The molecule has 0 unspecified atom stereocenters. The molecule has 0 aliphatic carbocycles. The lowest BCUT2D eigenvalue weighted by atomic mass is 9.94. The van der Waals surface area contributed by atoms with Gasteiger partial charge in [-0.2, -0.15) is 0 Å². The number of amides is 4. The molecule has 1 heterocycles. The molecule has 13 N–H and O–H groups in total. The molecule has 1 aliphatic rings. The van der Waals surface area contributed by atoms with Crippen LogP contribution in [0.4, 0.5) is 0 Å². The minimum Gasteiger partial charge on any atom is -0.493 e. The largest absolute Gasteiger partial charge is 0.493 e. The summed E-state index contributed by atoms with van der Waals surface area (Å²) >= 11 is 0. The first kappa shape index (κ1) is 41.7. The highest BCUT2D eigenvalue weighted by Crippen LogP contribution is 2.29. The van der Waals surface area contributed by atoms with Crippen LogP contribution in [0.2, 0.25) is 0 Å². The third-order valence-corrected chi connectivity index (χ3v) is 7.18. The van der Waals surface area contributed by atoms with Crippen LogP contribution in [0.1, 0.15) is 44.1 Å². The first-order valence-electron chi connectivity index (χ1n) is 15.3. The smallest absolute Gasteiger partial charge is 0.336 e. The lowest BCUT2D eigenvalue weighted by Gasteiger charge is -2.25. The number of hydrogen-bond acceptors (Lipinski definition) is 12. The van der Waals surface area contributed by atoms with E-state index in [0.717, 1.165) is 0 Å². The van der Waals surface area contributed by atoms with Gasteiger partial charge in [0.25, 0.3) is 5.91 Å². The Kier molecular flexibility index (Phi) is 15.3. The number of rotatable bonds is 21. The summed E-state index contributed by atoms with van der Waals surface area (Å²) in [6.07, 6.45) is -2.14. The zero-order valence-electron chi connectivity index (χ0n) is 27.6.